The third kappa shape index (κ3) is 42.0. The van der Waals surface area contributed by atoms with Crippen molar-refractivity contribution < 1.29 is 0 Å². The van der Waals surface area contributed by atoms with Gasteiger partial charge in [0, 0.05) is 159 Å². The van der Waals surface area contributed by atoms with Crippen LogP contribution < -0.4 is 27.0 Å². The van der Waals surface area contributed by atoms with Gasteiger partial charge in [-0.05, 0) is 71.5 Å². The SMILES string of the molecule is C=NCCN(CCC#N)C1CCCCC1N(CCC#N)CCN=C.C=NCCN(CCC#N)C1CCCCC1NCCC#N.CC.CC.CC.CC.N#CCCNC1CCCCC1N.N#CCCNC1CCCCC1NCCC#N. The minimum absolute atomic E-state index is 0.303. The fourth-order valence-electron chi connectivity index (χ4n) is 10.5. The lowest BCUT2D eigenvalue weighted by Gasteiger charge is -2.45. The Kier molecular flexibility index (Phi) is 66.2. The van der Waals surface area contributed by atoms with Crippen LogP contribution in [0.4, 0.5) is 0 Å². The molecule has 4 aliphatic carbocycles. The first kappa shape index (κ1) is 81.6. The van der Waals surface area contributed by atoms with E-state index in [1.165, 1.54) is 70.6 Å². The molecule has 4 aliphatic rings. The highest BCUT2D eigenvalue weighted by Gasteiger charge is 2.34. The summed E-state index contributed by atoms with van der Waals surface area (Å²) >= 11 is 0. The summed E-state index contributed by atoms with van der Waals surface area (Å²) in [4.78, 5) is 19.1. The van der Waals surface area contributed by atoms with E-state index in [0.717, 1.165) is 97.6 Å². The number of hydrogen-bond donors (Lipinski definition) is 5. The smallest absolute Gasteiger partial charge is 0.0635 e. The van der Waals surface area contributed by atoms with Gasteiger partial charge in [-0.3, -0.25) is 29.7 Å². The molecule has 0 heterocycles. The minimum atomic E-state index is 0.303. The second-order valence-corrected chi connectivity index (χ2v) is 19.1. The number of aliphatic imine (C=N–C) groups is 3. The maximum Gasteiger partial charge on any atom is 0.0635 e. The maximum atomic E-state index is 8.97. The van der Waals surface area contributed by atoms with Crippen LogP contribution >= 0.6 is 0 Å². The van der Waals surface area contributed by atoms with Crippen LogP contribution in [0.3, 0.4) is 0 Å². The molecule has 0 bridgehead atoms. The van der Waals surface area contributed by atoms with Crippen molar-refractivity contribution in [2.45, 2.75) is 251 Å². The predicted molar refractivity (Wildman–Crippen MR) is 335 cm³/mol. The van der Waals surface area contributed by atoms with Crippen LogP contribution in [0.15, 0.2) is 15.0 Å². The second kappa shape index (κ2) is 64.9. The van der Waals surface area contributed by atoms with E-state index in [1.54, 1.807) is 0 Å². The van der Waals surface area contributed by atoms with E-state index in [4.69, 9.17) is 42.6 Å². The van der Waals surface area contributed by atoms with Gasteiger partial charge < -0.3 is 27.0 Å². The van der Waals surface area contributed by atoms with Crippen molar-refractivity contribution in [2.24, 2.45) is 20.7 Å². The van der Waals surface area contributed by atoms with E-state index in [0.29, 0.717) is 113 Å². The zero-order chi connectivity index (χ0) is 60.7. The van der Waals surface area contributed by atoms with Crippen LogP contribution in [0.5, 0.6) is 0 Å². The van der Waals surface area contributed by atoms with Crippen LogP contribution in [0.1, 0.15) is 203 Å². The van der Waals surface area contributed by atoms with E-state index in [1.807, 2.05) is 55.4 Å². The Morgan fingerprint density at radius 1 is 0.350 bits per heavy atom. The largest absolute Gasteiger partial charge is 0.326 e. The highest BCUT2D eigenvalue weighted by atomic mass is 15.3. The minimum Gasteiger partial charge on any atom is -0.326 e. The first-order valence-electron chi connectivity index (χ1n) is 31.1. The van der Waals surface area contributed by atoms with Crippen molar-refractivity contribution in [2.75, 3.05) is 85.1 Å². The van der Waals surface area contributed by atoms with Crippen molar-refractivity contribution in [3.8, 4) is 42.5 Å². The van der Waals surface area contributed by atoms with Crippen LogP contribution in [-0.4, -0.2) is 168 Å². The lowest BCUT2D eigenvalue weighted by Crippen LogP contribution is -2.55. The summed E-state index contributed by atoms with van der Waals surface area (Å²) in [5, 5.41) is 74.4. The number of rotatable bonds is 30. The van der Waals surface area contributed by atoms with E-state index in [9.17, 15) is 0 Å². The standard InChI is InChI=1S/C18H30N6.C15H25N5.C12H20N4.C9H17N3.4C2H6/c1-21-11-15-23(13-5-9-19)17-7-3-4-8-18(17)24(14-6-10-20)16-12-22-2;1-18-11-13-20(12-5-9-17)15-7-3-2-6-14(15)19-10-4-8-16;13-7-3-9-15-11-5-1-2-6-12(11)16-10-4-8-14;10-6-3-7-12-9-5-2-1-4-8(9)11;4*1-2/h17-18H,1-8,11-16H2;14-15,19H,1-7,10-13H2;11-12,15-16H,1-6,9-10H2;8-9,12H,1-5,7,11H2;4*1-2H3. The molecule has 0 radical (unpaired) electrons. The van der Waals surface area contributed by atoms with Crippen molar-refractivity contribution in [3.63, 3.8) is 0 Å². The van der Waals surface area contributed by atoms with E-state index >= 15 is 0 Å². The first-order chi connectivity index (χ1) is 39.3. The van der Waals surface area contributed by atoms with Crippen molar-refractivity contribution in [1.82, 2.24) is 36.0 Å². The van der Waals surface area contributed by atoms with Crippen molar-refractivity contribution in [1.29, 1.82) is 36.8 Å². The molecule has 8 atom stereocenters. The Morgan fingerprint density at radius 2 is 0.600 bits per heavy atom. The number of nitrogens with zero attached hydrogens (tertiary/aromatic N) is 13. The van der Waals surface area contributed by atoms with Gasteiger partial charge >= 0.3 is 0 Å². The molecule has 0 amide bonds. The summed E-state index contributed by atoms with van der Waals surface area (Å²) in [6.45, 7) is 36.8. The predicted octanol–water partition coefficient (Wildman–Crippen LogP) is 10.0. The van der Waals surface area contributed by atoms with Gasteiger partial charge in [-0.15, -0.1) is 0 Å². The highest BCUT2D eigenvalue weighted by molar-refractivity contribution is 5.23. The molecule has 454 valence electrons. The van der Waals surface area contributed by atoms with Gasteiger partial charge in [-0.25, -0.2) is 0 Å². The second-order valence-electron chi connectivity index (χ2n) is 19.1. The quantitative estimate of drug-likeness (QED) is 0.0330. The molecule has 4 saturated carbocycles. The summed E-state index contributed by atoms with van der Waals surface area (Å²) in [6.07, 6.45) is 23.1. The molecule has 8 unspecified atom stereocenters. The van der Waals surface area contributed by atoms with Crippen LogP contribution in [0.2, 0.25) is 0 Å². The fraction of sp³-hybridized carbons (Fsp3) is 0.839. The molecule has 4 rings (SSSR count). The number of nitrogens with two attached hydrogens (primary N) is 1. The van der Waals surface area contributed by atoms with Crippen LogP contribution in [-0.2, 0) is 0 Å². The van der Waals surface area contributed by atoms with Crippen molar-refractivity contribution in [3.05, 3.63) is 0 Å². The zero-order valence-corrected chi connectivity index (χ0v) is 52.1. The fourth-order valence-corrected chi connectivity index (χ4v) is 10.5. The molecule has 18 nitrogen and oxygen atoms in total. The molecule has 0 aromatic rings. The van der Waals surface area contributed by atoms with E-state index < -0.39 is 0 Å². The van der Waals surface area contributed by atoms with Crippen LogP contribution in [0.25, 0.3) is 0 Å². The molecule has 0 aromatic carbocycles. The molecule has 4 fully saturated rings. The third-order valence-corrected chi connectivity index (χ3v) is 14.2. The third-order valence-electron chi connectivity index (χ3n) is 14.2. The normalized spacial score (nSPS) is 21.4. The van der Waals surface area contributed by atoms with Crippen LogP contribution in [0, 0.1) is 79.3 Å². The summed E-state index contributed by atoms with van der Waals surface area (Å²) in [5.74, 6) is 0. The Labute approximate surface area is 490 Å². The van der Waals surface area contributed by atoms with Crippen molar-refractivity contribution >= 4 is 20.2 Å². The average molecular weight is 1110 g/mol. The van der Waals surface area contributed by atoms with Gasteiger partial charge in [0.15, 0.2) is 0 Å². The zero-order valence-electron chi connectivity index (χ0n) is 52.1. The van der Waals surface area contributed by atoms with Gasteiger partial charge in [0.25, 0.3) is 0 Å². The molecule has 18 heteroatoms. The van der Waals surface area contributed by atoms with Gasteiger partial charge in [0.05, 0.1) is 62.1 Å². The van der Waals surface area contributed by atoms with Gasteiger partial charge in [0.1, 0.15) is 0 Å². The monoisotopic (exact) mass is 1110 g/mol. The lowest BCUT2D eigenvalue weighted by molar-refractivity contribution is 0.0527. The molecule has 0 aliphatic heterocycles. The average Bonchev–Trinajstić information content (AvgIpc) is 3.51. The first-order valence-corrected chi connectivity index (χ1v) is 31.1. The maximum absolute atomic E-state index is 8.97. The summed E-state index contributed by atoms with van der Waals surface area (Å²) in [6, 6.07) is 18.8. The molecule has 0 saturated heterocycles. The summed E-state index contributed by atoms with van der Waals surface area (Å²) < 4.78 is 0. The van der Waals surface area contributed by atoms with Gasteiger partial charge in [-0.1, -0.05) is 107 Å². The molecular weight excluding hydrogens is 997 g/mol. The summed E-state index contributed by atoms with van der Waals surface area (Å²) in [7, 11) is 0. The Morgan fingerprint density at radius 3 is 0.912 bits per heavy atom. The highest BCUT2D eigenvalue weighted by Crippen LogP contribution is 2.28. The van der Waals surface area contributed by atoms with E-state index in [-0.39, 0.29) is 0 Å². The topological polar surface area (TPSA) is 287 Å². The number of nitrogens with one attached hydrogen (secondary N) is 4. The molecule has 80 heavy (non-hydrogen) atoms. The molecular formula is C62H116N18. The number of hydrogen-bond acceptors (Lipinski definition) is 18. The van der Waals surface area contributed by atoms with E-state index in [2.05, 4.69) is 114 Å². The van der Waals surface area contributed by atoms with Gasteiger partial charge in [-0.2, -0.15) is 36.8 Å². The number of nitriles is 7. The van der Waals surface area contributed by atoms with Gasteiger partial charge in [0.2, 0.25) is 0 Å². The Hall–Kier alpha value is -4.88. The molecule has 6 N–H and O–H groups in total. The summed E-state index contributed by atoms with van der Waals surface area (Å²) in [5.41, 5.74) is 5.92. The Balaban J connectivity index is -0.000000471. The molecule has 0 aromatic heterocycles. The molecule has 0 spiro atoms. The Bertz CT molecular complexity index is 1640. The lowest BCUT2D eigenvalue weighted by atomic mass is 9.87.